The van der Waals surface area contributed by atoms with Gasteiger partial charge in [-0.2, -0.15) is 0 Å². The van der Waals surface area contributed by atoms with E-state index in [1.54, 1.807) is 44.6 Å². The number of aromatic nitrogens is 1. The van der Waals surface area contributed by atoms with Crippen LogP contribution in [0.5, 0.6) is 5.75 Å². The summed E-state index contributed by atoms with van der Waals surface area (Å²) >= 11 is 6.07. The molecule has 0 saturated carbocycles. The Morgan fingerprint density at radius 2 is 2.11 bits per heavy atom. The molecule has 19 heavy (non-hydrogen) atoms. The van der Waals surface area contributed by atoms with E-state index in [2.05, 4.69) is 0 Å². The van der Waals surface area contributed by atoms with E-state index in [9.17, 15) is 4.79 Å². The molecule has 100 valence electrons. The number of nitrogens with two attached hydrogens (primary N) is 1. The van der Waals surface area contributed by atoms with Crippen LogP contribution in [0.3, 0.4) is 0 Å². The Morgan fingerprint density at radius 1 is 1.37 bits per heavy atom. The molecule has 4 nitrogen and oxygen atoms in total. The Kier molecular flexibility index (Phi) is 3.93. The molecular weight excluding hydrogens is 264 g/mol. The second kappa shape index (κ2) is 5.47. The van der Waals surface area contributed by atoms with Gasteiger partial charge in [-0.25, -0.2) is 0 Å². The Bertz CT molecular complexity index is 652. The number of rotatable bonds is 3. The zero-order valence-electron chi connectivity index (χ0n) is 10.8. The number of hydrogen-bond donors (Lipinski definition) is 1. The summed E-state index contributed by atoms with van der Waals surface area (Å²) in [4.78, 5) is 12.0. The highest BCUT2D eigenvalue weighted by Gasteiger charge is 2.14. The zero-order valence-corrected chi connectivity index (χ0v) is 11.5. The lowest BCUT2D eigenvalue weighted by Gasteiger charge is -2.14. The standard InChI is InChI=1S/C14H15ClN2O2/c1-17-7-3-4-10(14(17)18)13(16)9-5-6-12(19-2)11(15)8-9/h3-8,13H,16H2,1-2H3. The largest absolute Gasteiger partial charge is 0.495 e. The minimum atomic E-state index is -0.511. The lowest BCUT2D eigenvalue weighted by atomic mass is 10.0. The maximum Gasteiger partial charge on any atom is 0.255 e. The molecule has 2 N–H and O–H groups in total. The van der Waals surface area contributed by atoms with E-state index in [0.29, 0.717) is 16.3 Å². The van der Waals surface area contributed by atoms with Gasteiger partial charge in [0.1, 0.15) is 5.75 Å². The third-order valence-corrected chi connectivity index (χ3v) is 3.32. The van der Waals surface area contributed by atoms with Gasteiger partial charge >= 0.3 is 0 Å². The van der Waals surface area contributed by atoms with Crippen molar-refractivity contribution < 1.29 is 4.74 Å². The van der Waals surface area contributed by atoms with Gasteiger partial charge in [0.15, 0.2) is 0 Å². The topological polar surface area (TPSA) is 57.2 Å². The van der Waals surface area contributed by atoms with Crippen LogP contribution in [0.1, 0.15) is 17.2 Å². The van der Waals surface area contributed by atoms with Crippen molar-refractivity contribution in [3.05, 3.63) is 63.0 Å². The summed E-state index contributed by atoms with van der Waals surface area (Å²) in [6.45, 7) is 0. The molecule has 0 saturated heterocycles. The van der Waals surface area contributed by atoms with Gasteiger partial charge in [0.05, 0.1) is 18.2 Å². The molecule has 1 aromatic carbocycles. The van der Waals surface area contributed by atoms with Gasteiger partial charge < -0.3 is 15.0 Å². The van der Waals surface area contributed by atoms with Crippen molar-refractivity contribution in [1.82, 2.24) is 4.57 Å². The summed E-state index contributed by atoms with van der Waals surface area (Å²) in [5.74, 6) is 0.582. The second-order valence-corrected chi connectivity index (χ2v) is 4.66. The molecule has 1 heterocycles. The van der Waals surface area contributed by atoms with Gasteiger partial charge in [0.25, 0.3) is 5.56 Å². The summed E-state index contributed by atoms with van der Waals surface area (Å²) in [6.07, 6.45) is 1.69. The number of ether oxygens (including phenoxy) is 1. The highest BCUT2D eigenvalue weighted by atomic mass is 35.5. The minimum Gasteiger partial charge on any atom is -0.495 e. The zero-order chi connectivity index (χ0) is 14.0. The van der Waals surface area contributed by atoms with Crippen molar-refractivity contribution in [2.24, 2.45) is 12.8 Å². The van der Waals surface area contributed by atoms with Crippen molar-refractivity contribution in [2.45, 2.75) is 6.04 Å². The highest BCUT2D eigenvalue weighted by Crippen LogP contribution is 2.28. The van der Waals surface area contributed by atoms with E-state index in [4.69, 9.17) is 22.1 Å². The molecule has 0 aliphatic heterocycles. The Morgan fingerprint density at radius 3 is 2.74 bits per heavy atom. The van der Waals surface area contributed by atoms with E-state index in [0.717, 1.165) is 5.56 Å². The fourth-order valence-corrected chi connectivity index (χ4v) is 2.18. The normalized spacial score (nSPS) is 12.2. The van der Waals surface area contributed by atoms with Crippen LogP contribution in [-0.2, 0) is 7.05 Å². The molecule has 0 radical (unpaired) electrons. The predicted molar refractivity (Wildman–Crippen MR) is 75.7 cm³/mol. The fourth-order valence-electron chi connectivity index (χ4n) is 1.91. The third-order valence-electron chi connectivity index (χ3n) is 3.02. The number of halogens is 1. The van der Waals surface area contributed by atoms with Crippen LogP contribution in [0.25, 0.3) is 0 Å². The first-order valence-corrected chi connectivity index (χ1v) is 6.17. The molecule has 1 atom stereocenters. The Hall–Kier alpha value is -1.78. The molecular formula is C14H15ClN2O2. The molecule has 0 aliphatic rings. The summed E-state index contributed by atoms with van der Waals surface area (Å²) in [5, 5.41) is 0.475. The van der Waals surface area contributed by atoms with Crippen LogP contribution in [0, 0.1) is 0 Å². The molecule has 2 rings (SSSR count). The quantitative estimate of drug-likeness (QED) is 0.935. The number of nitrogens with zero attached hydrogens (tertiary/aromatic N) is 1. The monoisotopic (exact) mass is 278 g/mol. The maximum atomic E-state index is 12.0. The summed E-state index contributed by atoms with van der Waals surface area (Å²) in [6, 6.07) is 8.28. The van der Waals surface area contributed by atoms with Crippen LogP contribution in [-0.4, -0.2) is 11.7 Å². The molecule has 1 unspecified atom stereocenters. The molecule has 0 spiro atoms. The molecule has 2 aromatic rings. The van der Waals surface area contributed by atoms with E-state index < -0.39 is 6.04 Å². The van der Waals surface area contributed by atoms with E-state index in [1.807, 2.05) is 6.07 Å². The fraction of sp³-hybridized carbons (Fsp3) is 0.214. The molecule has 0 bridgehead atoms. The second-order valence-electron chi connectivity index (χ2n) is 4.25. The SMILES string of the molecule is COc1ccc(C(N)c2cccn(C)c2=O)cc1Cl. The highest BCUT2D eigenvalue weighted by molar-refractivity contribution is 6.32. The van der Waals surface area contributed by atoms with Gasteiger partial charge in [-0.15, -0.1) is 0 Å². The van der Waals surface area contributed by atoms with Gasteiger partial charge in [0, 0.05) is 18.8 Å². The summed E-state index contributed by atoms with van der Waals surface area (Å²) in [5.41, 5.74) is 7.33. The number of hydrogen-bond acceptors (Lipinski definition) is 3. The molecule has 0 fully saturated rings. The molecule has 0 aliphatic carbocycles. The van der Waals surface area contributed by atoms with E-state index in [-0.39, 0.29) is 5.56 Å². The van der Waals surface area contributed by atoms with Crippen LogP contribution in [0.4, 0.5) is 0 Å². The summed E-state index contributed by atoms with van der Waals surface area (Å²) in [7, 11) is 3.24. The van der Waals surface area contributed by atoms with Crippen LogP contribution < -0.4 is 16.0 Å². The number of aryl methyl sites for hydroxylation is 1. The lowest BCUT2D eigenvalue weighted by Crippen LogP contribution is -2.26. The van der Waals surface area contributed by atoms with Gasteiger partial charge in [-0.05, 0) is 23.8 Å². The first-order chi connectivity index (χ1) is 9.04. The van der Waals surface area contributed by atoms with Crippen molar-refractivity contribution >= 4 is 11.6 Å². The number of pyridine rings is 1. The maximum absolute atomic E-state index is 12.0. The third kappa shape index (κ3) is 2.64. The molecule has 1 aromatic heterocycles. The van der Waals surface area contributed by atoms with E-state index in [1.165, 1.54) is 4.57 Å². The minimum absolute atomic E-state index is 0.109. The first-order valence-electron chi connectivity index (χ1n) is 5.79. The van der Waals surface area contributed by atoms with E-state index >= 15 is 0 Å². The molecule has 5 heteroatoms. The van der Waals surface area contributed by atoms with Crippen molar-refractivity contribution in [3.8, 4) is 5.75 Å². The predicted octanol–water partition coefficient (Wildman–Crippen LogP) is 2.10. The average molecular weight is 279 g/mol. The van der Waals surface area contributed by atoms with Crippen molar-refractivity contribution in [3.63, 3.8) is 0 Å². The van der Waals surface area contributed by atoms with Gasteiger partial charge in [-0.3, -0.25) is 4.79 Å². The van der Waals surface area contributed by atoms with Gasteiger partial charge in [-0.1, -0.05) is 23.7 Å². The lowest BCUT2D eigenvalue weighted by molar-refractivity contribution is 0.415. The summed E-state index contributed by atoms with van der Waals surface area (Å²) < 4.78 is 6.59. The van der Waals surface area contributed by atoms with Gasteiger partial charge in [0.2, 0.25) is 0 Å². The Balaban J connectivity index is 2.44. The molecule has 0 amide bonds. The van der Waals surface area contributed by atoms with Crippen LogP contribution >= 0.6 is 11.6 Å². The average Bonchev–Trinajstić information content (AvgIpc) is 2.41. The van der Waals surface area contributed by atoms with Crippen LogP contribution in [0.2, 0.25) is 5.02 Å². The first kappa shape index (κ1) is 13.6. The number of benzene rings is 1. The number of methoxy groups -OCH3 is 1. The van der Waals surface area contributed by atoms with Crippen LogP contribution in [0.15, 0.2) is 41.3 Å². The van der Waals surface area contributed by atoms with Crippen molar-refractivity contribution in [1.29, 1.82) is 0 Å². The van der Waals surface area contributed by atoms with Crippen molar-refractivity contribution in [2.75, 3.05) is 7.11 Å². The Labute approximate surface area is 116 Å². The smallest absolute Gasteiger partial charge is 0.255 e.